The average Bonchev–Trinajstić information content (AvgIpc) is 2.24. The van der Waals surface area contributed by atoms with E-state index >= 15 is 0 Å². The third-order valence-electron chi connectivity index (χ3n) is 1.99. The van der Waals surface area contributed by atoms with Crippen LogP contribution in [0.3, 0.4) is 0 Å². The Bertz CT molecular complexity index is 450. The molecule has 0 aliphatic heterocycles. The number of rotatable bonds is 4. The summed E-state index contributed by atoms with van der Waals surface area (Å²) in [5.74, 6) is -1.20. The summed E-state index contributed by atoms with van der Waals surface area (Å²) in [6, 6.07) is 6.74. The summed E-state index contributed by atoms with van der Waals surface area (Å²) in [6.45, 7) is 5.22. The second-order valence-electron chi connectivity index (χ2n) is 4.82. The molecule has 1 rings (SSSR count). The van der Waals surface area contributed by atoms with Crippen LogP contribution in [0.5, 0.6) is 0 Å². The van der Waals surface area contributed by atoms with Crippen LogP contribution >= 0.6 is 0 Å². The van der Waals surface area contributed by atoms with E-state index in [1.165, 1.54) is 0 Å². The average molecular weight is 249 g/mol. The van der Waals surface area contributed by atoms with Crippen molar-refractivity contribution in [2.45, 2.75) is 26.4 Å². The Balaban J connectivity index is 2.87. The molecule has 0 heterocycles. The number of benzene rings is 1. The molecule has 1 aromatic carbocycles. The van der Waals surface area contributed by atoms with Gasteiger partial charge in [0, 0.05) is 5.69 Å². The highest BCUT2D eigenvalue weighted by Gasteiger charge is 2.20. The molecule has 1 aromatic rings. The molecule has 97 valence electrons. The quantitative estimate of drug-likeness (QED) is 0.826. The third-order valence-corrected chi connectivity index (χ3v) is 1.99. The SMILES string of the molecule is CC(C)(C)OC(=O)c1ccccc1NCC([NH])=O. The Morgan fingerprint density at radius 3 is 2.44 bits per heavy atom. The van der Waals surface area contributed by atoms with E-state index in [-0.39, 0.29) is 6.54 Å². The van der Waals surface area contributed by atoms with Crippen LogP contribution in [0.1, 0.15) is 31.1 Å². The number of nitrogens with one attached hydrogen (secondary N) is 2. The van der Waals surface area contributed by atoms with E-state index in [0.29, 0.717) is 11.3 Å². The zero-order valence-corrected chi connectivity index (χ0v) is 10.7. The fraction of sp³-hybridized carbons (Fsp3) is 0.385. The molecular weight excluding hydrogens is 232 g/mol. The number of hydrogen-bond acceptors (Lipinski definition) is 4. The van der Waals surface area contributed by atoms with Crippen molar-refractivity contribution in [2.75, 3.05) is 11.9 Å². The minimum absolute atomic E-state index is 0.139. The van der Waals surface area contributed by atoms with E-state index < -0.39 is 17.5 Å². The van der Waals surface area contributed by atoms with Crippen LogP contribution in [-0.2, 0) is 9.53 Å². The first kappa shape index (κ1) is 14.0. The number of hydrogen-bond donors (Lipinski definition) is 1. The maximum absolute atomic E-state index is 11.9. The van der Waals surface area contributed by atoms with Gasteiger partial charge < -0.3 is 10.1 Å². The number of carbonyl (C=O) groups is 2. The van der Waals surface area contributed by atoms with Gasteiger partial charge in [0.05, 0.1) is 12.1 Å². The molecule has 0 aliphatic carbocycles. The predicted octanol–water partition coefficient (Wildman–Crippen LogP) is 1.86. The Kier molecular flexibility index (Phi) is 4.31. The van der Waals surface area contributed by atoms with E-state index in [1.54, 1.807) is 45.0 Å². The largest absolute Gasteiger partial charge is 0.456 e. The third kappa shape index (κ3) is 4.45. The Hall–Kier alpha value is -2.04. The summed E-state index contributed by atoms with van der Waals surface area (Å²) in [6.07, 6.45) is 0. The van der Waals surface area contributed by atoms with Crippen LogP contribution in [0, 0.1) is 0 Å². The Morgan fingerprint density at radius 1 is 1.28 bits per heavy atom. The van der Waals surface area contributed by atoms with Crippen LogP contribution in [0.2, 0.25) is 0 Å². The van der Waals surface area contributed by atoms with Crippen molar-refractivity contribution in [3.05, 3.63) is 29.8 Å². The molecule has 2 N–H and O–H groups in total. The lowest BCUT2D eigenvalue weighted by Crippen LogP contribution is -2.25. The van der Waals surface area contributed by atoms with Crippen molar-refractivity contribution in [3.63, 3.8) is 0 Å². The molecule has 0 aliphatic rings. The molecule has 0 aromatic heterocycles. The summed E-state index contributed by atoms with van der Waals surface area (Å²) < 4.78 is 5.26. The van der Waals surface area contributed by atoms with Gasteiger partial charge in [-0.15, -0.1) is 0 Å². The maximum atomic E-state index is 11.9. The lowest BCUT2D eigenvalue weighted by Gasteiger charge is -2.20. The zero-order valence-electron chi connectivity index (χ0n) is 10.7. The normalized spacial score (nSPS) is 10.8. The van der Waals surface area contributed by atoms with E-state index in [2.05, 4.69) is 5.32 Å². The van der Waals surface area contributed by atoms with Crippen molar-refractivity contribution in [2.24, 2.45) is 0 Å². The zero-order chi connectivity index (χ0) is 13.8. The van der Waals surface area contributed by atoms with Crippen molar-refractivity contribution in [1.82, 2.24) is 5.73 Å². The summed E-state index contributed by atoms with van der Waals surface area (Å²) in [4.78, 5) is 22.5. The fourth-order valence-corrected chi connectivity index (χ4v) is 1.32. The van der Waals surface area contributed by atoms with Gasteiger partial charge in [0.15, 0.2) is 0 Å². The minimum atomic E-state index is -0.742. The summed E-state index contributed by atoms with van der Waals surface area (Å²) in [7, 11) is 0. The summed E-state index contributed by atoms with van der Waals surface area (Å²) in [5.41, 5.74) is 7.11. The first-order valence-electron chi connectivity index (χ1n) is 5.60. The van der Waals surface area contributed by atoms with Gasteiger partial charge in [0.2, 0.25) is 0 Å². The van der Waals surface area contributed by atoms with Crippen LogP contribution in [0.15, 0.2) is 24.3 Å². The number of amides is 1. The van der Waals surface area contributed by atoms with E-state index in [1.807, 2.05) is 0 Å². The molecule has 0 bridgehead atoms. The molecule has 0 atom stereocenters. The number of anilines is 1. The molecule has 5 nitrogen and oxygen atoms in total. The molecular formula is C13H17N2O3. The van der Waals surface area contributed by atoms with Crippen LogP contribution in [0.25, 0.3) is 0 Å². The molecule has 0 fully saturated rings. The highest BCUT2D eigenvalue weighted by Crippen LogP contribution is 2.19. The van der Waals surface area contributed by atoms with Gasteiger partial charge in [-0.3, -0.25) is 10.5 Å². The van der Waals surface area contributed by atoms with E-state index in [0.717, 1.165) is 0 Å². The smallest absolute Gasteiger partial charge is 0.340 e. The number of esters is 1. The molecule has 0 unspecified atom stereocenters. The van der Waals surface area contributed by atoms with Crippen LogP contribution < -0.4 is 11.1 Å². The second kappa shape index (κ2) is 5.53. The van der Waals surface area contributed by atoms with E-state index in [4.69, 9.17) is 10.5 Å². The number of para-hydroxylation sites is 1. The summed E-state index contributed by atoms with van der Waals surface area (Å²) in [5, 5.41) is 2.74. The van der Waals surface area contributed by atoms with Gasteiger partial charge in [-0.25, -0.2) is 4.79 Å². The first-order valence-corrected chi connectivity index (χ1v) is 5.60. The molecule has 18 heavy (non-hydrogen) atoms. The van der Waals surface area contributed by atoms with Crippen LogP contribution in [-0.4, -0.2) is 24.0 Å². The predicted molar refractivity (Wildman–Crippen MR) is 68.2 cm³/mol. The maximum Gasteiger partial charge on any atom is 0.340 e. The van der Waals surface area contributed by atoms with Gasteiger partial charge in [0.1, 0.15) is 5.60 Å². The first-order chi connectivity index (χ1) is 8.29. The minimum Gasteiger partial charge on any atom is -0.456 e. The van der Waals surface area contributed by atoms with Crippen LogP contribution in [0.4, 0.5) is 5.69 Å². The lowest BCUT2D eigenvalue weighted by atomic mass is 10.1. The molecule has 0 spiro atoms. The molecule has 0 saturated carbocycles. The lowest BCUT2D eigenvalue weighted by molar-refractivity contribution is -0.117. The van der Waals surface area contributed by atoms with Gasteiger partial charge in [-0.2, -0.15) is 0 Å². The second-order valence-corrected chi connectivity index (χ2v) is 4.82. The van der Waals surface area contributed by atoms with Crippen molar-refractivity contribution in [3.8, 4) is 0 Å². The monoisotopic (exact) mass is 249 g/mol. The molecule has 5 heteroatoms. The fourth-order valence-electron chi connectivity index (χ4n) is 1.32. The van der Waals surface area contributed by atoms with Crippen molar-refractivity contribution < 1.29 is 14.3 Å². The Morgan fingerprint density at radius 2 is 1.89 bits per heavy atom. The van der Waals surface area contributed by atoms with E-state index in [9.17, 15) is 9.59 Å². The van der Waals surface area contributed by atoms with Gasteiger partial charge in [-0.1, -0.05) is 12.1 Å². The Labute approximate surface area is 106 Å². The number of ether oxygens (including phenoxy) is 1. The standard InChI is InChI=1S/C13H17N2O3/c1-13(2,3)18-12(17)9-6-4-5-7-10(9)15-8-11(14)16/h4-7,14-15H,8H2,1-3H3. The summed E-state index contributed by atoms with van der Waals surface area (Å²) >= 11 is 0. The van der Waals surface area contributed by atoms with Gasteiger partial charge in [-0.05, 0) is 32.9 Å². The van der Waals surface area contributed by atoms with Crippen molar-refractivity contribution in [1.29, 1.82) is 0 Å². The van der Waals surface area contributed by atoms with Gasteiger partial charge >= 0.3 is 5.97 Å². The topological polar surface area (TPSA) is 79.2 Å². The van der Waals surface area contributed by atoms with Gasteiger partial charge in [0.25, 0.3) is 5.91 Å². The van der Waals surface area contributed by atoms with Crippen molar-refractivity contribution >= 4 is 17.6 Å². The number of carbonyl (C=O) groups excluding carboxylic acids is 2. The molecule has 1 radical (unpaired) electrons. The molecule has 1 amide bonds. The highest BCUT2D eigenvalue weighted by molar-refractivity contribution is 5.96. The molecule has 0 saturated heterocycles. The highest BCUT2D eigenvalue weighted by atomic mass is 16.6.